The predicted molar refractivity (Wildman–Crippen MR) is 99.3 cm³/mol. The van der Waals surface area contributed by atoms with Crippen molar-refractivity contribution in [3.05, 3.63) is 64.7 Å². The Bertz CT molecular complexity index is 984. The zero-order valence-electron chi connectivity index (χ0n) is 15.0. The molecule has 1 saturated heterocycles. The van der Waals surface area contributed by atoms with Crippen LogP contribution in [0, 0.1) is 13.8 Å². The van der Waals surface area contributed by atoms with E-state index in [9.17, 15) is 13.2 Å². The van der Waals surface area contributed by atoms with E-state index in [4.69, 9.17) is 0 Å². The number of sulfonamides is 1. The molecule has 1 atom stereocenters. The van der Waals surface area contributed by atoms with Gasteiger partial charge >= 0.3 is 0 Å². The molecule has 0 radical (unpaired) electrons. The number of carbonyl (C=O) groups excluding carboxylic acids is 1. The molecule has 0 aromatic heterocycles. The molecule has 0 bridgehead atoms. The molecule has 2 aliphatic rings. The summed E-state index contributed by atoms with van der Waals surface area (Å²) in [6.45, 7) is 4.71. The van der Waals surface area contributed by atoms with Gasteiger partial charge in [0.2, 0.25) is 15.9 Å². The third-order valence-electron chi connectivity index (χ3n) is 5.54. The van der Waals surface area contributed by atoms with Crippen LogP contribution in [0.5, 0.6) is 0 Å². The molecule has 0 aliphatic carbocycles. The monoisotopic (exact) mass is 370 g/mol. The summed E-state index contributed by atoms with van der Waals surface area (Å²) in [4.78, 5) is 14.8. The molecule has 2 aromatic rings. The minimum Gasteiger partial charge on any atom is -0.333 e. The summed E-state index contributed by atoms with van der Waals surface area (Å²) in [7, 11) is -3.70. The molecule has 1 fully saturated rings. The van der Waals surface area contributed by atoms with Crippen molar-refractivity contribution in [3.63, 3.8) is 0 Å². The number of amides is 1. The van der Waals surface area contributed by atoms with E-state index in [1.165, 1.54) is 9.87 Å². The van der Waals surface area contributed by atoms with Crippen molar-refractivity contribution in [2.45, 2.75) is 31.2 Å². The number of hydrogen-bond acceptors (Lipinski definition) is 3. The largest absolute Gasteiger partial charge is 0.333 e. The topological polar surface area (TPSA) is 57.7 Å². The Morgan fingerprint density at radius 3 is 2.58 bits per heavy atom. The fourth-order valence-electron chi connectivity index (χ4n) is 3.85. The number of hydrogen-bond donors (Lipinski definition) is 0. The average Bonchev–Trinajstić information content (AvgIpc) is 2.63. The van der Waals surface area contributed by atoms with Gasteiger partial charge < -0.3 is 4.90 Å². The number of nitrogens with zero attached hydrogens (tertiary/aromatic N) is 2. The molecule has 2 aromatic carbocycles. The first-order valence-electron chi connectivity index (χ1n) is 8.82. The summed E-state index contributed by atoms with van der Waals surface area (Å²) in [6.07, 6.45) is 0.822. The Hall–Kier alpha value is -2.18. The summed E-state index contributed by atoms with van der Waals surface area (Å²) in [5.41, 5.74) is 4.24. The summed E-state index contributed by atoms with van der Waals surface area (Å²) in [5, 5.41) is 0. The Balaban J connectivity index is 1.71. The molecule has 0 saturated carbocycles. The van der Waals surface area contributed by atoms with Crippen LogP contribution in [0.15, 0.2) is 47.4 Å². The van der Waals surface area contributed by atoms with Crippen LogP contribution in [0.4, 0.5) is 0 Å². The number of fused-ring (bicyclic) bond motifs is 3. The zero-order chi connectivity index (χ0) is 18.5. The highest BCUT2D eigenvalue weighted by atomic mass is 32.2. The third-order valence-corrected chi connectivity index (χ3v) is 7.34. The highest BCUT2D eigenvalue weighted by molar-refractivity contribution is 7.89. The maximum Gasteiger partial charge on any atom is 0.243 e. The van der Waals surface area contributed by atoms with Crippen molar-refractivity contribution in [3.8, 4) is 0 Å². The van der Waals surface area contributed by atoms with Crippen molar-refractivity contribution in [1.82, 2.24) is 9.21 Å². The van der Waals surface area contributed by atoms with E-state index in [0.29, 0.717) is 13.1 Å². The first-order valence-corrected chi connectivity index (χ1v) is 10.3. The molecule has 6 heteroatoms. The number of benzene rings is 2. The van der Waals surface area contributed by atoms with Crippen LogP contribution in [0.1, 0.15) is 28.3 Å². The fourth-order valence-corrected chi connectivity index (χ4v) is 5.33. The predicted octanol–water partition coefficient (Wildman–Crippen LogP) is 2.43. The van der Waals surface area contributed by atoms with Crippen LogP contribution in [-0.4, -0.2) is 43.2 Å². The number of piperazine rings is 1. The van der Waals surface area contributed by atoms with E-state index in [-0.39, 0.29) is 23.4 Å². The first-order chi connectivity index (χ1) is 12.4. The van der Waals surface area contributed by atoms with Gasteiger partial charge in [-0.15, -0.1) is 0 Å². The number of carbonyl (C=O) groups is 1. The van der Waals surface area contributed by atoms with Crippen LogP contribution in [0.2, 0.25) is 0 Å². The van der Waals surface area contributed by atoms with Crippen LogP contribution in [-0.2, 0) is 21.2 Å². The van der Waals surface area contributed by atoms with Gasteiger partial charge in [-0.1, -0.05) is 30.3 Å². The lowest BCUT2D eigenvalue weighted by Gasteiger charge is -2.44. The van der Waals surface area contributed by atoms with Crippen molar-refractivity contribution < 1.29 is 13.2 Å². The number of rotatable bonds is 2. The molecule has 0 spiro atoms. The van der Waals surface area contributed by atoms with E-state index in [1.807, 2.05) is 43.0 Å². The summed E-state index contributed by atoms with van der Waals surface area (Å²) < 4.78 is 27.6. The molecule has 0 unspecified atom stereocenters. The molecule has 4 rings (SSSR count). The van der Waals surface area contributed by atoms with Gasteiger partial charge in [0.05, 0.1) is 17.5 Å². The molecule has 2 aliphatic heterocycles. The Kier molecular flexibility index (Phi) is 4.12. The second kappa shape index (κ2) is 6.21. The highest BCUT2D eigenvalue weighted by Crippen LogP contribution is 2.34. The van der Waals surface area contributed by atoms with E-state index in [0.717, 1.165) is 23.1 Å². The minimum absolute atomic E-state index is 0.0894. The summed E-state index contributed by atoms with van der Waals surface area (Å²) in [6, 6.07) is 12.9. The van der Waals surface area contributed by atoms with Crippen molar-refractivity contribution in [2.75, 3.05) is 19.6 Å². The molecule has 5 nitrogen and oxygen atoms in total. The quantitative estimate of drug-likeness (QED) is 0.816. The van der Waals surface area contributed by atoms with Crippen LogP contribution in [0.3, 0.4) is 0 Å². The maximum atomic E-state index is 13.1. The molecular formula is C20H22N2O3S. The molecular weight excluding hydrogens is 348 g/mol. The van der Waals surface area contributed by atoms with E-state index < -0.39 is 10.0 Å². The van der Waals surface area contributed by atoms with Gasteiger partial charge in [0, 0.05) is 13.1 Å². The van der Waals surface area contributed by atoms with Crippen molar-refractivity contribution in [2.24, 2.45) is 0 Å². The van der Waals surface area contributed by atoms with Gasteiger partial charge in [-0.3, -0.25) is 4.79 Å². The Morgan fingerprint density at radius 2 is 1.81 bits per heavy atom. The number of aryl methyl sites for hydroxylation is 2. The molecule has 26 heavy (non-hydrogen) atoms. The summed E-state index contributed by atoms with van der Waals surface area (Å²) >= 11 is 0. The molecule has 136 valence electrons. The first kappa shape index (κ1) is 17.2. The Labute approximate surface area is 154 Å². The van der Waals surface area contributed by atoms with Gasteiger partial charge in [-0.05, 0) is 54.7 Å². The zero-order valence-corrected chi connectivity index (χ0v) is 15.8. The van der Waals surface area contributed by atoms with Gasteiger partial charge in [0.15, 0.2) is 0 Å². The third kappa shape index (κ3) is 2.73. The molecule has 1 amide bonds. The Morgan fingerprint density at radius 1 is 1.04 bits per heavy atom. The van der Waals surface area contributed by atoms with E-state index in [2.05, 4.69) is 6.07 Å². The van der Waals surface area contributed by atoms with Crippen LogP contribution >= 0.6 is 0 Å². The minimum atomic E-state index is -3.70. The average molecular weight is 370 g/mol. The van der Waals surface area contributed by atoms with Gasteiger partial charge in [-0.2, -0.15) is 4.31 Å². The van der Waals surface area contributed by atoms with Crippen molar-refractivity contribution >= 4 is 15.9 Å². The van der Waals surface area contributed by atoms with Gasteiger partial charge in [0.25, 0.3) is 0 Å². The fraction of sp³-hybridized carbons (Fsp3) is 0.350. The maximum absolute atomic E-state index is 13.1. The summed E-state index contributed by atoms with van der Waals surface area (Å²) in [5.74, 6) is -0.122. The van der Waals surface area contributed by atoms with Crippen molar-refractivity contribution in [1.29, 1.82) is 0 Å². The molecule has 0 N–H and O–H groups in total. The van der Waals surface area contributed by atoms with E-state index >= 15 is 0 Å². The second-order valence-corrected chi connectivity index (χ2v) is 9.03. The lowest BCUT2D eigenvalue weighted by atomic mass is 9.91. The van der Waals surface area contributed by atoms with Gasteiger partial charge in [0.1, 0.15) is 0 Å². The van der Waals surface area contributed by atoms with Crippen LogP contribution in [0.25, 0.3) is 0 Å². The SMILES string of the molecule is Cc1ccc(S(=O)(=O)N2CC(=O)N3CCc4ccccc4[C@H]3C2)cc1C. The standard InChI is InChI=1S/C20H22N2O3S/c1-14-7-8-17(11-15(14)2)26(24,25)21-12-19-18-6-4-3-5-16(18)9-10-22(19)20(23)13-21/h3-8,11,19H,9-10,12-13H2,1-2H3/t19-/m1/s1. The lowest BCUT2D eigenvalue weighted by Crippen LogP contribution is -2.55. The van der Waals surface area contributed by atoms with Crippen LogP contribution < -0.4 is 0 Å². The lowest BCUT2D eigenvalue weighted by molar-refractivity contribution is -0.138. The molecule has 2 heterocycles. The van der Waals surface area contributed by atoms with E-state index in [1.54, 1.807) is 12.1 Å². The smallest absolute Gasteiger partial charge is 0.243 e. The van der Waals surface area contributed by atoms with Gasteiger partial charge in [-0.25, -0.2) is 8.42 Å². The normalized spacial score (nSPS) is 20.6. The second-order valence-electron chi connectivity index (χ2n) is 7.10. The highest BCUT2D eigenvalue weighted by Gasteiger charge is 2.41.